The molecule has 0 N–H and O–H groups in total. The van der Waals surface area contributed by atoms with E-state index >= 15 is 0 Å². The molecule has 6 heteroatoms. The van der Waals surface area contributed by atoms with Crippen molar-refractivity contribution in [1.29, 1.82) is 0 Å². The summed E-state index contributed by atoms with van der Waals surface area (Å²) in [7, 11) is 2.92. The quantitative estimate of drug-likeness (QED) is 0.539. The second-order valence-electron chi connectivity index (χ2n) is 2.33. The first kappa shape index (κ1) is 10.1. The standard InChI is InChI=1S/C8H9NO5/c1-12-7-4-3-6(14-9(10)11)5-8(7)13-2/h3-5H,1-2H3. The molecule has 0 atom stereocenters. The highest BCUT2D eigenvalue weighted by molar-refractivity contribution is 5.45. The molecule has 0 amide bonds. The highest BCUT2D eigenvalue weighted by atomic mass is 17.0. The SMILES string of the molecule is COc1ccc(O[N+](=O)[O-])cc1OC. The minimum absolute atomic E-state index is 0.0904. The Kier molecular flexibility index (Phi) is 3.11. The van der Waals surface area contributed by atoms with Gasteiger partial charge in [0, 0.05) is 6.07 Å². The average Bonchev–Trinajstić information content (AvgIpc) is 2.16. The van der Waals surface area contributed by atoms with Crippen LogP contribution in [0, 0.1) is 10.1 Å². The lowest BCUT2D eigenvalue weighted by Gasteiger charge is -2.07. The number of hydrogen-bond donors (Lipinski definition) is 0. The zero-order valence-corrected chi connectivity index (χ0v) is 7.72. The van der Waals surface area contributed by atoms with Gasteiger partial charge in [0.05, 0.1) is 14.2 Å². The van der Waals surface area contributed by atoms with Gasteiger partial charge in [-0.1, -0.05) is 0 Å². The first-order chi connectivity index (χ1) is 6.67. The molecule has 0 fully saturated rings. The van der Waals surface area contributed by atoms with Gasteiger partial charge < -0.3 is 9.47 Å². The van der Waals surface area contributed by atoms with Crippen molar-refractivity contribution in [3.8, 4) is 17.2 Å². The normalized spacial score (nSPS) is 9.29. The van der Waals surface area contributed by atoms with Crippen LogP contribution in [0.5, 0.6) is 17.2 Å². The van der Waals surface area contributed by atoms with Gasteiger partial charge in [0.25, 0.3) is 5.09 Å². The summed E-state index contributed by atoms with van der Waals surface area (Å²) in [5.74, 6) is 0.961. The van der Waals surface area contributed by atoms with E-state index in [2.05, 4.69) is 4.84 Å². The second-order valence-corrected chi connectivity index (χ2v) is 2.33. The number of nitrogens with zero attached hydrogens (tertiary/aromatic N) is 1. The highest BCUT2D eigenvalue weighted by Crippen LogP contribution is 2.30. The Labute approximate surface area is 80.1 Å². The number of benzene rings is 1. The lowest BCUT2D eigenvalue weighted by atomic mass is 10.3. The Morgan fingerprint density at radius 1 is 1.21 bits per heavy atom. The van der Waals surface area contributed by atoms with Crippen LogP contribution in [0.1, 0.15) is 0 Å². The van der Waals surface area contributed by atoms with Crippen LogP contribution in [-0.4, -0.2) is 19.3 Å². The maximum Gasteiger partial charge on any atom is 0.299 e. The monoisotopic (exact) mass is 199 g/mol. The number of methoxy groups -OCH3 is 2. The number of hydrogen-bond acceptors (Lipinski definition) is 5. The summed E-state index contributed by atoms with van der Waals surface area (Å²) in [5, 5.41) is 9.15. The predicted molar refractivity (Wildman–Crippen MR) is 47.2 cm³/mol. The molecule has 76 valence electrons. The molecule has 0 saturated carbocycles. The Morgan fingerprint density at radius 3 is 2.36 bits per heavy atom. The van der Waals surface area contributed by atoms with Crippen molar-refractivity contribution in [3.63, 3.8) is 0 Å². The minimum atomic E-state index is -0.888. The summed E-state index contributed by atoms with van der Waals surface area (Å²) in [5.41, 5.74) is 0. The number of ether oxygens (including phenoxy) is 2. The molecule has 1 aromatic carbocycles. The molecule has 6 nitrogen and oxygen atoms in total. The fourth-order valence-electron chi connectivity index (χ4n) is 0.959. The molecule has 0 spiro atoms. The van der Waals surface area contributed by atoms with E-state index in [9.17, 15) is 10.1 Å². The Morgan fingerprint density at radius 2 is 1.86 bits per heavy atom. The molecule has 1 aromatic rings. The second kappa shape index (κ2) is 4.31. The zero-order chi connectivity index (χ0) is 10.6. The van der Waals surface area contributed by atoms with Gasteiger partial charge in [-0.2, -0.15) is 0 Å². The summed E-state index contributed by atoms with van der Waals surface area (Å²) in [6.07, 6.45) is 0. The average molecular weight is 199 g/mol. The van der Waals surface area contributed by atoms with Crippen LogP contribution in [-0.2, 0) is 0 Å². The fourth-order valence-corrected chi connectivity index (χ4v) is 0.959. The summed E-state index contributed by atoms with van der Waals surface area (Å²) in [6, 6.07) is 4.32. The van der Waals surface area contributed by atoms with Gasteiger partial charge in [-0.05, 0) is 12.1 Å². The van der Waals surface area contributed by atoms with E-state index in [-0.39, 0.29) is 5.75 Å². The van der Waals surface area contributed by atoms with Crippen LogP contribution in [0.2, 0.25) is 0 Å². The van der Waals surface area contributed by atoms with Crippen LogP contribution in [0.25, 0.3) is 0 Å². The van der Waals surface area contributed by atoms with E-state index in [1.807, 2.05) is 0 Å². The molecule has 0 heterocycles. The molecule has 0 saturated heterocycles. The van der Waals surface area contributed by atoms with Crippen LogP contribution >= 0.6 is 0 Å². The third-order valence-electron chi connectivity index (χ3n) is 1.53. The van der Waals surface area contributed by atoms with Crippen molar-refractivity contribution < 1.29 is 19.4 Å². The van der Waals surface area contributed by atoms with Crippen molar-refractivity contribution in [1.82, 2.24) is 0 Å². The van der Waals surface area contributed by atoms with E-state index in [1.54, 1.807) is 0 Å². The van der Waals surface area contributed by atoms with Gasteiger partial charge in [-0.3, -0.25) is 4.84 Å². The Hall–Kier alpha value is -1.98. The molecular weight excluding hydrogens is 190 g/mol. The van der Waals surface area contributed by atoms with Crippen LogP contribution in [0.3, 0.4) is 0 Å². The van der Waals surface area contributed by atoms with Crippen molar-refractivity contribution in [2.45, 2.75) is 0 Å². The molecule has 0 unspecified atom stereocenters. The van der Waals surface area contributed by atoms with Crippen LogP contribution in [0.15, 0.2) is 18.2 Å². The summed E-state index contributed by atoms with van der Waals surface area (Å²) in [6.45, 7) is 0. The molecule has 14 heavy (non-hydrogen) atoms. The highest BCUT2D eigenvalue weighted by Gasteiger charge is 2.06. The van der Waals surface area contributed by atoms with Gasteiger partial charge in [0.1, 0.15) is 5.75 Å². The first-order valence-corrected chi connectivity index (χ1v) is 3.71. The molecule has 0 aliphatic heterocycles. The maximum atomic E-state index is 10.0. The van der Waals surface area contributed by atoms with E-state index in [0.717, 1.165) is 0 Å². The molecule has 0 aliphatic carbocycles. The largest absolute Gasteiger partial charge is 0.493 e. The molecular formula is C8H9NO5. The van der Waals surface area contributed by atoms with E-state index in [1.165, 1.54) is 32.4 Å². The lowest BCUT2D eigenvalue weighted by molar-refractivity contribution is -0.711. The van der Waals surface area contributed by atoms with E-state index in [0.29, 0.717) is 11.5 Å². The van der Waals surface area contributed by atoms with Crippen molar-refractivity contribution in [2.24, 2.45) is 0 Å². The van der Waals surface area contributed by atoms with Crippen molar-refractivity contribution in [3.05, 3.63) is 28.3 Å². The first-order valence-electron chi connectivity index (χ1n) is 3.71. The lowest BCUT2D eigenvalue weighted by Crippen LogP contribution is -2.03. The van der Waals surface area contributed by atoms with E-state index in [4.69, 9.17) is 9.47 Å². The maximum absolute atomic E-state index is 10.0. The van der Waals surface area contributed by atoms with Crippen LogP contribution in [0.4, 0.5) is 0 Å². The third-order valence-corrected chi connectivity index (χ3v) is 1.53. The Balaban J connectivity index is 2.95. The molecule has 1 rings (SSSR count). The third kappa shape index (κ3) is 2.25. The van der Waals surface area contributed by atoms with Gasteiger partial charge in [-0.25, -0.2) is 0 Å². The summed E-state index contributed by atoms with van der Waals surface area (Å²) < 4.78 is 9.88. The van der Waals surface area contributed by atoms with Crippen LogP contribution < -0.4 is 14.3 Å². The molecule has 0 aliphatic rings. The summed E-state index contributed by atoms with van der Waals surface area (Å²) >= 11 is 0. The van der Waals surface area contributed by atoms with Gasteiger partial charge in [-0.15, -0.1) is 10.1 Å². The molecule has 0 aromatic heterocycles. The minimum Gasteiger partial charge on any atom is -0.493 e. The van der Waals surface area contributed by atoms with Gasteiger partial charge in [0.15, 0.2) is 11.5 Å². The van der Waals surface area contributed by atoms with Gasteiger partial charge in [0.2, 0.25) is 0 Å². The topological polar surface area (TPSA) is 70.8 Å². The summed E-state index contributed by atoms with van der Waals surface area (Å²) in [4.78, 5) is 14.3. The smallest absolute Gasteiger partial charge is 0.299 e. The Bertz CT molecular complexity index is 339. The molecule has 0 bridgehead atoms. The number of rotatable bonds is 4. The predicted octanol–water partition coefficient (Wildman–Crippen LogP) is 1.27. The molecule has 0 radical (unpaired) electrons. The van der Waals surface area contributed by atoms with E-state index < -0.39 is 5.09 Å². The fraction of sp³-hybridized carbons (Fsp3) is 0.250. The van der Waals surface area contributed by atoms with Gasteiger partial charge >= 0.3 is 0 Å². The zero-order valence-electron chi connectivity index (χ0n) is 7.72. The van der Waals surface area contributed by atoms with Crippen molar-refractivity contribution in [2.75, 3.05) is 14.2 Å². The van der Waals surface area contributed by atoms with Crippen molar-refractivity contribution >= 4 is 0 Å².